The molecule has 0 radical (unpaired) electrons. The van der Waals surface area contributed by atoms with Gasteiger partial charge in [-0.3, -0.25) is 4.79 Å². The second kappa shape index (κ2) is 7.34. The van der Waals surface area contributed by atoms with Crippen molar-refractivity contribution in [1.29, 1.82) is 0 Å². The molecule has 2 atom stereocenters. The average Bonchev–Trinajstić information content (AvgIpc) is 3.57. The Morgan fingerprint density at radius 2 is 2.19 bits per heavy atom. The van der Waals surface area contributed by atoms with Crippen LogP contribution < -0.4 is 5.32 Å². The number of amides is 1. The summed E-state index contributed by atoms with van der Waals surface area (Å²) >= 11 is 1.51. The Kier molecular flexibility index (Phi) is 4.45. The molecular formula is C24H25N5OS. The monoisotopic (exact) mass is 431 g/mol. The fourth-order valence-electron chi connectivity index (χ4n) is 5.37. The molecule has 31 heavy (non-hydrogen) atoms. The van der Waals surface area contributed by atoms with Gasteiger partial charge in [0.25, 0.3) is 5.91 Å². The number of nitrogens with one attached hydrogen (secondary N) is 2. The molecule has 1 aliphatic carbocycles. The van der Waals surface area contributed by atoms with Crippen LogP contribution >= 0.6 is 11.3 Å². The van der Waals surface area contributed by atoms with E-state index >= 15 is 0 Å². The van der Waals surface area contributed by atoms with E-state index in [0.29, 0.717) is 12.0 Å². The summed E-state index contributed by atoms with van der Waals surface area (Å²) in [6.45, 7) is 3.72. The van der Waals surface area contributed by atoms with Gasteiger partial charge in [0.05, 0.1) is 10.3 Å². The minimum absolute atomic E-state index is 0.178. The number of H-pyrrole nitrogens is 1. The molecule has 4 heterocycles. The molecular weight excluding hydrogens is 406 g/mol. The molecule has 7 heteroatoms. The Morgan fingerprint density at radius 3 is 3.03 bits per heavy atom. The first kappa shape index (κ1) is 18.8. The zero-order chi connectivity index (χ0) is 20.9. The van der Waals surface area contributed by atoms with Crippen molar-refractivity contribution in [2.24, 2.45) is 5.92 Å². The number of aryl methyl sites for hydroxylation is 1. The predicted molar refractivity (Wildman–Crippen MR) is 125 cm³/mol. The molecule has 2 fully saturated rings. The van der Waals surface area contributed by atoms with Crippen LogP contribution in [0, 0.1) is 12.8 Å². The van der Waals surface area contributed by atoms with Crippen LogP contribution in [0.2, 0.25) is 0 Å². The van der Waals surface area contributed by atoms with E-state index in [2.05, 4.69) is 49.6 Å². The lowest BCUT2D eigenvalue weighted by atomic mass is 10.1. The Bertz CT molecular complexity index is 1290. The van der Waals surface area contributed by atoms with E-state index in [4.69, 9.17) is 0 Å². The number of hydrogen-bond donors (Lipinski definition) is 2. The maximum absolute atomic E-state index is 13.3. The summed E-state index contributed by atoms with van der Waals surface area (Å²) in [6.07, 6.45) is 8.17. The summed E-state index contributed by atoms with van der Waals surface area (Å²) in [6, 6.07) is 8.79. The minimum atomic E-state index is 0.178. The van der Waals surface area contributed by atoms with Gasteiger partial charge in [0.15, 0.2) is 0 Å². The van der Waals surface area contributed by atoms with Crippen LogP contribution in [0.5, 0.6) is 0 Å². The molecule has 0 spiro atoms. The first-order valence-corrected chi connectivity index (χ1v) is 11.8. The quantitative estimate of drug-likeness (QED) is 0.478. The summed E-state index contributed by atoms with van der Waals surface area (Å²) in [5.41, 5.74) is 3.45. The third-order valence-corrected chi connectivity index (χ3v) is 8.14. The van der Waals surface area contributed by atoms with Gasteiger partial charge in [-0.25, -0.2) is 9.97 Å². The smallest absolute Gasteiger partial charge is 0.264 e. The Hall–Kier alpha value is -2.93. The average molecular weight is 432 g/mol. The van der Waals surface area contributed by atoms with E-state index in [1.807, 2.05) is 13.0 Å². The molecule has 3 aromatic heterocycles. The number of aromatic amines is 1. The molecule has 2 N–H and O–H groups in total. The number of rotatable bonds is 5. The van der Waals surface area contributed by atoms with E-state index in [1.54, 1.807) is 6.33 Å². The Balaban J connectivity index is 1.24. The molecule has 6 rings (SSSR count). The van der Waals surface area contributed by atoms with Crippen LogP contribution in [0.4, 0.5) is 5.82 Å². The van der Waals surface area contributed by atoms with Crippen molar-refractivity contribution in [2.45, 2.75) is 38.6 Å². The van der Waals surface area contributed by atoms with E-state index in [0.717, 1.165) is 57.9 Å². The molecule has 6 nitrogen and oxygen atoms in total. The number of carbonyl (C=O) groups excluding carboxylic acids is 1. The molecule has 2 bridgehead atoms. The number of thiophene rings is 1. The van der Waals surface area contributed by atoms with Crippen molar-refractivity contribution >= 4 is 44.2 Å². The molecule has 1 aromatic carbocycles. The maximum Gasteiger partial charge on any atom is 0.264 e. The van der Waals surface area contributed by atoms with Gasteiger partial charge in [0, 0.05) is 36.2 Å². The third kappa shape index (κ3) is 3.10. The maximum atomic E-state index is 13.3. The highest BCUT2D eigenvalue weighted by Crippen LogP contribution is 2.40. The van der Waals surface area contributed by atoms with Gasteiger partial charge in [-0.05, 0) is 55.7 Å². The second-order valence-electron chi connectivity index (χ2n) is 8.79. The summed E-state index contributed by atoms with van der Waals surface area (Å²) in [7, 11) is 0. The number of benzene rings is 1. The van der Waals surface area contributed by atoms with Crippen LogP contribution in [-0.4, -0.2) is 44.9 Å². The number of para-hydroxylation sites is 1. The molecule has 1 aliphatic heterocycles. The topological polar surface area (TPSA) is 73.9 Å². The highest BCUT2D eigenvalue weighted by molar-refractivity contribution is 7.20. The number of hydrogen-bond acceptors (Lipinski definition) is 5. The van der Waals surface area contributed by atoms with Crippen LogP contribution in [0.15, 0.2) is 36.8 Å². The highest BCUT2D eigenvalue weighted by atomic mass is 32.1. The highest BCUT2D eigenvalue weighted by Gasteiger charge is 2.41. The van der Waals surface area contributed by atoms with E-state index in [-0.39, 0.29) is 5.91 Å². The summed E-state index contributed by atoms with van der Waals surface area (Å²) < 4.78 is 0. The van der Waals surface area contributed by atoms with Gasteiger partial charge in [-0.2, -0.15) is 0 Å². The number of likely N-dealkylation sites (tertiary alicyclic amines) is 1. The lowest BCUT2D eigenvalue weighted by Crippen LogP contribution is -2.37. The normalized spacial score (nSPS) is 20.2. The Labute approximate surface area is 184 Å². The van der Waals surface area contributed by atoms with E-state index in [9.17, 15) is 4.79 Å². The zero-order valence-electron chi connectivity index (χ0n) is 17.5. The largest absolute Gasteiger partial charge is 0.369 e. The Morgan fingerprint density at radius 1 is 1.29 bits per heavy atom. The van der Waals surface area contributed by atoms with Crippen LogP contribution in [-0.2, 0) is 6.42 Å². The number of piperidine rings is 1. The van der Waals surface area contributed by atoms with Crippen molar-refractivity contribution in [1.82, 2.24) is 19.9 Å². The minimum Gasteiger partial charge on any atom is -0.369 e. The van der Waals surface area contributed by atoms with Gasteiger partial charge in [0.2, 0.25) is 0 Å². The molecule has 158 valence electrons. The number of carbonyl (C=O) groups is 1. The standard InChI is InChI=1S/C24H25N5OS/c1-14-20-22(25-9-8-16-11-26-19-5-3-2-4-18(16)19)27-13-28-23(20)31-21(14)24(30)29-12-15-6-7-17(29)10-15/h2-5,11,13,15,17,26H,6-10,12H2,1H3,(H,25,27,28). The van der Waals surface area contributed by atoms with Gasteiger partial charge in [-0.15, -0.1) is 11.3 Å². The van der Waals surface area contributed by atoms with Gasteiger partial charge >= 0.3 is 0 Å². The van der Waals surface area contributed by atoms with Crippen LogP contribution in [0.1, 0.15) is 40.1 Å². The van der Waals surface area contributed by atoms with Crippen molar-refractivity contribution in [3.8, 4) is 0 Å². The molecule has 1 saturated heterocycles. The molecule has 1 saturated carbocycles. The van der Waals surface area contributed by atoms with Gasteiger partial charge < -0.3 is 15.2 Å². The van der Waals surface area contributed by atoms with Crippen molar-refractivity contribution < 1.29 is 4.79 Å². The fraction of sp³-hybridized carbons (Fsp3) is 0.375. The zero-order valence-corrected chi connectivity index (χ0v) is 18.3. The number of aromatic nitrogens is 3. The lowest BCUT2D eigenvalue weighted by molar-refractivity contribution is 0.0708. The second-order valence-corrected chi connectivity index (χ2v) is 9.78. The summed E-state index contributed by atoms with van der Waals surface area (Å²) in [5, 5.41) is 5.74. The van der Waals surface area contributed by atoms with Gasteiger partial charge in [0.1, 0.15) is 17.0 Å². The van der Waals surface area contributed by atoms with Crippen LogP contribution in [0.25, 0.3) is 21.1 Å². The first-order valence-electron chi connectivity index (χ1n) is 11.0. The lowest BCUT2D eigenvalue weighted by Gasteiger charge is -2.26. The van der Waals surface area contributed by atoms with E-state index in [1.165, 1.54) is 35.1 Å². The van der Waals surface area contributed by atoms with E-state index < -0.39 is 0 Å². The summed E-state index contributed by atoms with van der Waals surface area (Å²) in [4.78, 5) is 29.4. The number of nitrogens with zero attached hydrogens (tertiary/aromatic N) is 3. The van der Waals surface area contributed by atoms with Crippen molar-refractivity contribution in [3.63, 3.8) is 0 Å². The van der Waals surface area contributed by atoms with Crippen molar-refractivity contribution in [3.05, 3.63) is 52.8 Å². The number of anilines is 1. The molecule has 2 aliphatic rings. The third-order valence-electron chi connectivity index (χ3n) is 6.95. The fourth-order valence-corrected chi connectivity index (χ4v) is 6.47. The van der Waals surface area contributed by atoms with Gasteiger partial charge in [-0.1, -0.05) is 18.2 Å². The first-order chi connectivity index (χ1) is 15.2. The molecule has 2 unspecified atom stereocenters. The molecule has 4 aromatic rings. The number of fused-ring (bicyclic) bond motifs is 4. The van der Waals surface area contributed by atoms with Crippen molar-refractivity contribution in [2.75, 3.05) is 18.4 Å². The predicted octanol–water partition coefficient (Wildman–Crippen LogP) is 4.76. The summed E-state index contributed by atoms with van der Waals surface area (Å²) in [5.74, 6) is 1.70. The molecule has 1 amide bonds. The van der Waals surface area contributed by atoms with Crippen LogP contribution in [0.3, 0.4) is 0 Å². The SMILES string of the molecule is Cc1c(C(=O)N2CC3CCC2C3)sc2ncnc(NCCc3c[nH]c4ccccc34)c12.